The largest absolute Gasteiger partial charge is 0.472 e. The molecule has 1 aliphatic carbocycles. The van der Waals surface area contributed by atoms with E-state index in [1.54, 1.807) is 43.3 Å². The zero-order valence-corrected chi connectivity index (χ0v) is 34.2. The lowest BCUT2D eigenvalue weighted by molar-refractivity contribution is -0.126. The summed E-state index contributed by atoms with van der Waals surface area (Å²) in [4.78, 5) is 42.5. The minimum absolute atomic E-state index is 0.125. The maximum atomic E-state index is 13.4. The number of imide groups is 1. The number of unbranched alkanes of at least 4 members (excludes halogenated alkanes) is 15. The van der Waals surface area contributed by atoms with Crippen LogP contribution in [-0.2, 0) is 28.7 Å². The topological polar surface area (TPSA) is 208 Å². The number of aliphatic hydroxyl groups is 2. The van der Waals surface area contributed by atoms with Gasteiger partial charge in [0.05, 0.1) is 36.1 Å². The average Bonchev–Trinajstić information content (AvgIpc) is 3.48. The molecule has 2 unspecified atom stereocenters. The number of amides is 2. The first kappa shape index (κ1) is 43.3. The van der Waals surface area contributed by atoms with Gasteiger partial charge in [0.15, 0.2) is 11.4 Å². The quantitative estimate of drug-likeness (QED) is 0.0390. The van der Waals surface area contributed by atoms with Crippen molar-refractivity contribution >= 4 is 31.0 Å². The summed E-state index contributed by atoms with van der Waals surface area (Å²) in [6.45, 7) is 3.49. The molecule has 3 aromatic rings. The fourth-order valence-corrected chi connectivity index (χ4v) is 9.29. The number of hydrogen-bond donors (Lipinski definition) is 4. The van der Waals surface area contributed by atoms with Crippen LogP contribution in [0.25, 0.3) is 5.52 Å². The van der Waals surface area contributed by atoms with Gasteiger partial charge in [0.1, 0.15) is 35.8 Å². The molecular weight excluding hydrogens is 753 g/mol. The summed E-state index contributed by atoms with van der Waals surface area (Å²) in [7, 11) is -4.94. The van der Waals surface area contributed by atoms with E-state index in [0.717, 1.165) is 24.2 Å². The van der Waals surface area contributed by atoms with E-state index in [4.69, 9.17) is 24.3 Å². The Balaban J connectivity index is 0.943. The molecule has 0 spiro atoms. The van der Waals surface area contributed by atoms with Gasteiger partial charge in [-0.1, -0.05) is 115 Å². The maximum Gasteiger partial charge on any atom is 0.472 e. The molecule has 16 heteroatoms. The first-order chi connectivity index (χ1) is 27.4. The van der Waals surface area contributed by atoms with Crippen molar-refractivity contribution in [3.8, 4) is 0 Å². The summed E-state index contributed by atoms with van der Waals surface area (Å²) in [6.07, 6.45) is 17.0. The van der Waals surface area contributed by atoms with E-state index in [0.29, 0.717) is 17.8 Å². The predicted molar refractivity (Wildman–Crippen MR) is 212 cm³/mol. The number of aliphatic hydroxyl groups excluding tert-OH is 1. The van der Waals surface area contributed by atoms with Crippen LogP contribution in [-0.4, -0.2) is 96.2 Å². The molecule has 0 radical (unpaired) electrons. The van der Waals surface area contributed by atoms with Crippen molar-refractivity contribution in [3.05, 3.63) is 59.5 Å². The van der Waals surface area contributed by atoms with Gasteiger partial charge in [-0.05, 0) is 37.6 Å². The van der Waals surface area contributed by atoms with Crippen LogP contribution in [0.15, 0.2) is 42.7 Å². The van der Waals surface area contributed by atoms with Crippen molar-refractivity contribution in [1.82, 2.24) is 19.5 Å². The van der Waals surface area contributed by atoms with Crippen LogP contribution in [0.5, 0.6) is 0 Å². The second-order valence-electron chi connectivity index (χ2n) is 15.9. The van der Waals surface area contributed by atoms with Crippen molar-refractivity contribution in [1.29, 1.82) is 0 Å². The van der Waals surface area contributed by atoms with Gasteiger partial charge in [0.2, 0.25) is 0 Å². The molecule has 2 aliphatic heterocycles. The molecule has 3 aliphatic rings. The first-order valence-corrected chi connectivity index (χ1v) is 22.3. The molecule has 15 nitrogen and oxygen atoms in total. The monoisotopic (exact) mass is 813 g/mol. The minimum atomic E-state index is -4.94. The zero-order valence-electron chi connectivity index (χ0n) is 33.3. The number of aromatic nitrogens is 3. The Morgan fingerprint density at radius 3 is 1.98 bits per heavy atom. The number of carbonyl (C=O) groups excluding carboxylic acids is 2. The van der Waals surface area contributed by atoms with Gasteiger partial charge in [-0.25, -0.2) is 14.1 Å². The number of rotatable bonds is 26. The molecule has 1 saturated heterocycles. The number of ether oxygens (including phenoxy) is 2. The van der Waals surface area contributed by atoms with Crippen LogP contribution in [0.4, 0.5) is 5.82 Å². The highest BCUT2D eigenvalue weighted by Gasteiger charge is 2.82. The number of hydrogen-bond acceptors (Lipinski definition) is 12. The van der Waals surface area contributed by atoms with Gasteiger partial charge in [0.25, 0.3) is 11.8 Å². The molecular formula is C41H60N5O10P. The van der Waals surface area contributed by atoms with Crippen molar-refractivity contribution in [2.75, 3.05) is 25.6 Å². The molecule has 57 heavy (non-hydrogen) atoms. The van der Waals surface area contributed by atoms with Gasteiger partial charge in [-0.15, -0.1) is 0 Å². The van der Waals surface area contributed by atoms with Gasteiger partial charge >= 0.3 is 7.82 Å². The molecule has 2 aromatic heterocycles. The van der Waals surface area contributed by atoms with Crippen molar-refractivity contribution in [2.24, 2.45) is 0 Å². The molecule has 1 saturated carbocycles. The van der Waals surface area contributed by atoms with Crippen molar-refractivity contribution in [2.45, 2.75) is 152 Å². The Labute approximate surface area is 334 Å². The van der Waals surface area contributed by atoms with Gasteiger partial charge < -0.3 is 30.3 Å². The third-order valence-electron chi connectivity index (χ3n) is 11.7. The zero-order chi connectivity index (χ0) is 40.6. The van der Waals surface area contributed by atoms with Crippen LogP contribution in [0.1, 0.15) is 143 Å². The Hall–Kier alpha value is -3.27. The van der Waals surface area contributed by atoms with Crippen LogP contribution in [0, 0.1) is 0 Å². The molecule has 1 aromatic carbocycles. The molecule has 6 rings (SSSR count). The number of carbonyl (C=O) groups is 2. The Morgan fingerprint density at radius 1 is 0.877 bits per heavy atom. The second kappa shape index (κ2) is 19.2. The summed E-state index contributed by atoms with van der Waals surface area (Å²) in [5.41, 5.74) is 3.73. The van der Waals surface area contributed by atoms with E-state index in [1.807, 2.05) is 0 Å². The van der Waals surface area contributed by atoms with Gasteiger partial charge in [0, 0.05) is 6.61 Å². The van der Waals surface area contributed by atoms with Crippen LogP contribution in [0.2, 0.25) is 0 Å². The Kier molecular flexibility index (Phi) is 14.6. The summed E-state index contributed by atoms with van der Waals surface area (Å²) < 4.78 is 37.4. The lowest BCUT2D eigenvalue weighted by Gasteiger charge is -2.32. The smallest absolute Gasteiger partial charge is 0.386 e. The van der Waals surface area contributed by atoms with E-state index in [-0.39, 0.29) is 23.6 Å². The summed E-state index contributed by atoms with van der Waals surface area (Å²) in [5, 5.41) is 26.9. The van der Waals surface area contributed by atoms with E-state index >= 15 is 0 Å². The molecule has 0 bridgehead atoms. The Bertz CT molecular complexity index is 1840. The van der Waals surface area contributed by atoms with Gasteiger partial charge in [-0.3, -0.25) is 23.5 Å². The number of nitrogen functional groups attached to an aromatic ring is 1. The van der Waals surface area contributed by atoms with E-state index in [1.165, 1.54) is 94.3 Å². The van der Waals surface area contributed by atoms with Crippen molar-refractivity contribution in [3.63, 3.8) is 0 Å². The number of fused-ring (bicyclic) bond motifs is 3. The summed E-state index contributed by atoms with van der Waals surface area (Å²) in [5.74, 6) is -0.910. The molecule has 7 atom stereocenters. The molecule has 4 heterocycles. The molecule has 5 N–H and O–H groups in total. The first-order valence-electron chi connectivity index (χ1n) is 20.8. The highest BCUT2D eigenvalue weighted by molar-refractivity contribution is 7.47. The SMILES string of the molecule is CCCCCCCCCCCCCCCCCCOC[C@H](COP(=O)(O)OC1[C@H]2O[C@@](C)(c3ccc4c(N)ncnn34)[C@H](O)[C@@]12O)N1C(=O)c2ccccc2C1=O. The highest BCUT2D eigenvalue weighted by Crippen LogP contribution is 2.63. The number of nitrogens with zero attached hydrogens (tertiary/aromatic N) is 4. The predicted octanol–water partition coefficient (Wildman–Crippen LogP) is 6.48. The number of phosphoric acid groups is 1. The molecule has 314 valence electrons. The maximum absolute atomic E-state index is 13.4. The third-order valence-corrected chi connectivity index (χ3v) is 12.7. The minimum Gasteiger partial charge on any atom is -0.386 e. The lowest BCUT2D eigenvalue weighted by Crippen LogP contribution is -2.46. The van der Waals surface area contributed by atoms with Crippen molar-refractivity contribution < 1.29 is 47.8 Å². The van der Waals surface area contributed by atoms with E-state index in [9.17, 15) is 29.3 Å². The Morgan fingerprint density at radius 2 is 1.44 bits per heavy atom. The van der Waals surface area contributed by atoms with Gasteiger partial charge in [-0.2, -0.15) is 5.10 Å². The average molecular weight is 814 g/mol. The number of benzene rings is 1. The van der Waals surface area contributed by atoms with Crippen LogP contribution < -0.4 is 5.73 Å². The number of nitrogens with two attached hydrogens (primary N) is 1. The molecule has 2 fully saturated rings. The normalized spacial score (nSPS) is 25.6. The summed E-state index contributed by atoms with van der Waals surface area (Å²) >= 11 is 0. The lowest BCUT2D eigenvalue weighted by atomic mass is 9.91. The van der Waals surface area contributed by atoms with Crippen LogP contribution >= 0.6 is 7.82 Å². The van der Waals surface area contributed by atoms with E-state index < -0.39 is 61.8 Å². The second-order valence-corrected chi connectivity index (χ2v) is 17.4. The number of phosphoric ester groups is 1. The fraction of sp³-hybridized carbons (Fsp3) is 0.659. The number of anilines is 1. The molecule has 2 amide bonds. The van der Waals surface area contributed by atoms with E-state index in [2.05, 4.69) is 17.0 Å². The third kappa shape index (κ3) is 9.63. The van der Waals surface area contributed by atoms with Crippen LogP contribution in [0.3, 0.4) is 0 Å². The standard InChI is InChI=1S/C41H60N5O10P/c1-3-4-5-6-7-8-9-10-11-12-13-14-15-16-17-20-25-53-26-29(45-37(47)30-21-18-19-22-31(30)38(45)48)27-54-57(51,52)56-35-34-41(35,50)39(49)40(2,55-34)33-24-23-32-36(42)43-28-44-46(32)33/h18-19,21-24,28-29,34-35,39,49-50H,3-17,20,25-27H2,1-2H3,(H,51,52)(H2,42,43,44)/t29-,34-,35?,39+,40+,41+/m1/s1. The highest BCUT2D eigenvalue weighted by atomic mass is 31.2. The summed E-state index contributed by atoms with van der Waals surface area (Å²) in [6, 6.07) is 8.65. The fourth-order valence-electron chi connectivity index (χ4n) is 8.30.